The lowest BCUT2D eigenvalue weighted by molar-refractivity contribution is 0.147. The molecule has 1 aliphatic heterocycles. The van der Waals surface area contributed by atoms with Crippen LogP contribution in [-0.4, -0.2) is 69.6 Å². The topological polar surface area (TPSA) is 64.0 Å². The second-order valence-corrected chi connectivity index (χ2v) is 9.83. The number of ether oxygens (including phenoxy) is 2. The lowest BCUT2D eigenvalue weighted by Gasteiger charge is -2.32. The van der Waals surface area contributed by atoms with Gasteiger partial charge in [0.25, 0.3) is 10.0 Å². The molecule has 1 saturated heterocycles. The summed E-state index contributed by atoms with van der Waals surface area (Å²) in [4.78, 5) is 4.67. The molecule has 31 heavy (non-hydrogen) atoms. The molecule has 0 unspecified atom stereocenters. The van der Waals surface area contributed by atoms with Crippen LogP contribution < -0.4 is 9.47 Å². The molecule has 1 aliphatic rings. The predicted octanol–water partition coefficient (Wildman–Crippen LogP) is 3.30. The summed E-state index contributed by atoms with van der Waals surface area (Å²) in [5, 5.41) is 1.09. The standard InChI is InChI=1S/C22H26ClN3O4S/c1-24-10-12-25(13-11-24)15-21-22(23)19-14-17(30-3)6-9-20(19)26(21)31(27,28)18-7-4-16(29-2)5-8-18/h4-9,14H,10-13,15H2,1-3H3. The first-order chi connectivity index (χ1) is 14.8. The minimum atomic E-state index is -3.88. The molecule has 0 aliphatic carbocycles. The lowest BCUT2D eigenvalue weighted by atomic mass is 10.2. The van der Waals surface area contributed by atoms with Crippen molar-refractivity contribution in [3.05, 3.63) is 53.2 Å². The van der Waals surface area contributed by atoms with Gasteiger partial charge in [-0.15, -0.1) is 0 Å². The second kappa shape index (κ2) is 8.70. The molecule has 2 aromatic carbocycles. The molecule has 9 heteroatoms. The number of rotatable bonds is 6. The van der Waals surface area contributed by atoms with Gasteiger partial charge in [0.05, 0.1) is 35.3 Å². The second-order valence-electron chi connectivity index (χ2n) is 7.67. The molecule has 166 valence electrons. The Morgan fingerprint density at radius 2 is 1.55 bits per heavy atom. The van der Waals surface area contributed by atoms with Crippen LogP contribution in [0, 0.1) is 0 Å². The van der Waals surface area contributed by atoms with Crippen LogP contribution in [0.25, 0.3) is 10.9 Å². The number of piperazine rings is 1. The third-order valence-corrected chi connectivity index (χ3v) is 7.91. The molecule has 1 fully saturated rings. The summed E-state index contributed by atoms with van der Waals surface area (Å²) in [6.07, 6.45) is 0. The summed E-state index contributed by atoms with van der Waals surface area (Å²) < 4.78 is 39.4. The van der Waals surface area contributed by atoms with Gasteiger partial charge in [0.2, 0.25) is 0 Å². The summed E-state index contributed by atoms with van der Waals surface area (Å²) in [7, 11) is 1.32. The molecule has 0 spiro atoms. The molecule has 0 atom stereocenters. The number of likely N-dealkylation sites (N-methyl/N-ethyl adjacent to an activating group) is 1. The van der Waals surface area contributed by atoms with Gasteiger partial charge in [0, 0.05) is 38.1 Å². The largest absolute Gasteiger partial charge is 0.497 e. The quantitative estimate of drug-likeness (QED) is 0.559. The number of hydrogen-bond acceptors (Lipinski definition) is 6. The Kier molecular flexibility index (Phi) is 6.16. The molecule has 3 aromatic rings. The molecule has 2 heterocycles. The first kappa shape index (κ1) is 22.0. The maximum atomic E-state index is 13.7. The van der Waals surface area contributed by atoms with E-state index >= 15 is 0 Å². The van der Waals surface area contributed by atoms with Gasteiger partial charge in [-0.1, -0.05) is 11.6 Å². The molecule has 0 radical (unpaired) electrons. The fraction of sp³-hybridized carbons (Fsp3) is 0.364. The smallest absolute Gasteiger partial charge is 0.268 e. The van der Waals surface area contributed by atoms with Crippen molar-refractivity contribution >= 4 is 32.5 Å². The fourth-order valence-corrected chi connectivity index (χ4v) is 5.76. The van der Waals surface area contributed by atoms with Crippen LogP contribution >= 0.6 is 11.6 Å². The van der Waals surface area contributed by atoms with Crippen LogP contribution in [0.2, 0.25) is 5.02 Å². The Morgan fingerprint density at radius 1 is 0.935 bits per heavy atom. The number of fused-ring (bicyclic) bond motifs is 1. The maximum absolute atomic E-state index is 13.7. The molecule has 4 rings (SSSR count). The summed E-state index contributed by atoms with van der Waals surface area (Å²) in [6.45, 7) is 3.99. The monoisotopic (exact) mass is 463 g/mol. The van der Waals surface area contributed by atoms with Gasteiger partial charge in [-0.25, -0.2) is 12.4 Å². The zero-order valence-corrected chi connectivity index (χ0v) is 19.4. The van der Waals surface area contributed by atoms with E-state index in [4.69, 9.17) is 21.1 Å². The van der Waals surface area contributed by atoms with Crippen LogP contribution in [0.15, 0.2) is 47.4 Å². The number of nitrogens with zero attached hydrogens (tertiary/aromatic N) is 3. The molecule has 0 N–H and O–H groups in total. The third kappa shape index (κ3) is 4.13. The molecule has 0 amide bonds. The van der Waals surface area contributed by atoms with E-state index in [-0.39, 0.29) is 4.90 Å². The average molecular weight is 464 g/mol. The zero-order chi connectivity index (χ0) is 22.2. The van der Waals surface area contributed by atoms with Crippen molar-refractivity contribution in [3.8, 4) is 11.5 Å². The van der Waals surface area contributed by atoms with Crippen molar-refractivity contribution in [3.63, 3.8) is 0 Å². The first-order valence-corrected chi connectivity index (χ1v) is 11.8. The Labute approximate surface area is 187 Å². The minimum Gasteiger partial charge on any atom is -0.497 e. The van der Waals surface area contributed by atoms with E-state index < -0.39 is 10.0 Å². The molecular formula is C22H26ClN3O4S. The SMILES string of the molecule is COc1ccc(S(=O)(=O)n2c(CN3CCN(C)CC3)c(Cl)c3cc(OC)ccc32)cc1. The number of aromatic nitrogens is 1. The molecular weight excluding hydrogens is 438 g/mol. The summed E-state index contributed by atoms with van der Waals surface area (Å²) in [6, 6.07) is 11.7. The van der Waals surface area contributed by atoms with Gasteiger partial charge in [0.15, 0.2) is 0 Å². The highest BCUT2D eigenvalue weighted by Gasteiger charge is 2.28. The number of methoxy groups -OCH3 is 2. The van der Waals surface area contributed by atoms with Crippen LogP contribution in [0.1, 0.15) is 5.69 Å². The van der Waals surface area contributed by atoms with E-state index in [1.807, 2.05) is 0 Å². The maximum Gasteiger partial charge on any atom is 0.268 e. The van der Waals surface area contributed by atoms with E-state index in [9.17, 15) is 8.42 Å². The fourth-order valence-electron chi connectivity index (χ4n) is 3.86. The minimum absolute atomic E-state index is 0.178. The Morgan fingerprint density at radius 3 is 2.16 bits per heavy atom. The van der Waals surface area contributed by atoms with Crippen LogP contribution in [-0.2, 0) is 16.6 Å². The highest BCUT2D eigenvalue weighted by molar-refractivity contribution is 7.90. The molecule has 7 nitrogen and oxygen atoms in total. The average Bonchev–Trinajstić information content (AvgIpc) is 3.06. The van der Waals surface area contributed by atoms with Crippen LogP contribution in [0.5, 0.6) is 11.5 Å². The van der Waals surface area contributed by atoms with Crippen LogP contribution in [0.4, 0.5) is 0 Å². The van der Waals surface area contributed by atoms with E-state index in [2.05, 4.69) is 16.8 Å². The Balaban J connectivity index is 1.86. The lowest BCUT2D eigenvalue weighted by Crippen LogP contribution is -2.44. The van der Waals surface area contributed by atoms with Crippen molar-refractivity contribution in [2.45, 2.75) is 11.4 Å². The van der Waals surface area contributed by atoms with Gasteiger partial charge in [-0.05, 0) is 49.5 Å². The van der Waals surface area contributed by atoms with E-state index in [1.165, 1.54) is 3.97 Å². The van der Waals surface area contributed by atoms with Crippen molar-refractivity contribution in [2.24, 2.45) is 0 Å². The van der Waals surface area contributed by atoms with Crippen molar-refractivity contribution in [2.75, 3.05) is 47.4 Å². The molecule has 0 saturated carbocycles. The highest BCUT2D eigenvalue weighted by atomic mass is 35.5. The van der Waals surface area contributed by atoms with E-state index in [0.717, 1.165) is 26.2 Å². The van der Waals surface area contributed by atoms with Crippen molar-refractivity contribution in [1.29, 1.82) is 0 Å². The zero-order valence-electron chi connectivity index (χ0n) is 17.8. The Bertz CT molecular complexity index is 1180. The number of benzene rings is 2. The summed E-state index contributed by atoms with van der Waals surface area (Å²) in [5.41, 5.74) is 1.09. The molecule has 1 aromatic heterocycles. The van der Waals surface area contributed by atoms with Gasteiger partial charge >= 0.3 is 0 Å². The number of hydrogen-bond donors (Lipinski definition) is 0. The first-order valence-electron chi connectivity index (χ1n) is 10.0. The highest BCUT2D eigenvalue weighted by Crippen LogP contribution is 2.37. The van der Waals surface area contributed by atoms with E-state index in [0.29, 0.717) is 39.7 Å². The van der Waals surface area contributed by atoms with Gasteiger partial charge < -0.3 is 14.4 Å². The van der Waals surface area contributed by atoms with Crippen molar-refractivity contribution < 1.29 is 17.9 Å². The van der Waals surface area contributed by atoms with Gasteiger partial charge in [-0.2, -0.15) is 0 Å². The van der Waals surface area contributed by atoms with Gasteiger partial charge in [-0.3, -0.25) is 4.90 Å². The van der Waals surface area contributed by atoms with Gasteiger partial charge in [0.1, 0.15) is 11.5 Å². The normalized spacial score (nSPS) is 16.0. The van der Waals surface area contributed by atoms with Crippen LogP contribution in [0.3, 0.4) is 0 Å². The number of halogens is 1. The summed E-state index contributed by atoms with van der Waals surface area (Å²) in [5.74, 6) is 1.22. The third-order valence-electron chi connectivity index (χ3n) is 5.72. The van der Waals surface area contributed by atoms with E-state index in [1.54, 1.807) is 56.7 Å². The Hall–Kier alpha value is -2.26. The predicted molar refractivity (Wildman–Crippen MR) is 122 cm³/mol. The molecule has 0 bridgehead atoms. The van der Waals surface area contributed by atoms with Crippen molar-refractivity contribution in [1.82, 2.24) is 13.8 Å². The summed E-state index contributed by atoms with van der Waals surface area (Å²) >= 11 is 6.78.